The number of halogens is 6. The van der Waals surface area contributed by atoms with E-state index in [-0.39, 0.29) is 36.4 Å². The topological polar surface area (TPSA) is 57.6 Å². The third kappa shape index (κ3) is 4.19. The molecule has 1 aliphatic rings. The quantitative estimate of drug-likeness (QED) is 0.641. The van der Waals surface area contributed by atoms with Crippen molar-refractivity contribution in [1.82, 2.24) is 0 Å². The SMILES string of the molecule is Cc1cc(C(O)(C(F)(F)F)C(F)(F)F)ccc1N1CCC(S(=O)(=O)c2ccccc2)CC1. The van der Waals surface area contributed by atoms with Crippen LogP contribution in [0.5, 0.6) is 0 Å². The molecule has 0 aromatic heterocycles. The molecule has 0 amide bonds. The fourth-order valence-corrected chi connectivity index (χ4v) is 5.69. The third-order valence-corrected chi connectivity index (χ3v) is 8.01. The minimum absolute atomic E-state index is 0.110. The summed E-state index contributed by atoms with van der Waals surface area (Å²) < 4.78 is 104. The molecule has 1 aliphatic heterocycles. The third-order valence-electron chi connectivity index (χ3n) is 5.73. The van der Waals surface area contributed by atoms with Gasteiger partial charge in [-0.15, -0.1) is 0 Å². The molecule has 1 heterocycles. The molecule has 0 spiro atoms. The van der Waals surface area contributed by atoms with Gasteiger partial charge in [-0.3, -0.25) is 0 Å². The summed E-state index contributed by atoms with van der Waals surface area (Å²) >= 11 is 0. The van der Waals surface area contributed by atoms with Gasteiger partial charge < -0.3 is 10.0 Å². The van der Waals surface area contributed by atoms with Gasteiger partial charge in [0.05, 0.1) is 10.1 Å². The number of anilines is 1. The van der Waals surface area contributed by atoms with Crippen LogP contribution in [0.1, 0.15) is 24.0 Å². The Balaban J connectivity index is 1.82. The van der Waals surface area contributed by atoms with E-state index >= 15 is 0 Å². The maximum Gasteiger partial charge on any atom is 0.430 e. The zero-order chi connectivity index (χ0) is 23.9. The Morgan fingerprint density at radius 3 is 1.91 bits per heavy atom. The zero-order valence-corrected chi connectivity index (χ0v) is 17.7. The first-order valence-electron chi connectivity index (χ1n) is 9.70. The van der Waals surface area contributed by atoms with Gasteiger partial charge in [0.15, 0.2) is 9.84 Å². The van der Waals surface area contributed by atoms with E-state index < -0.39 is 38.6 Å². The molecule has 2 aromatic rings. The number of piperidine rings is 1. The summed E-state index contributed by atoms with van der Waals surface area (Å²) in [5.74, 6) is 0. The number of nitrogens with zero attached hydrogens (tertiary/aromatic N) is 1. The molecule has 0 aliphatic carbocycles. The second-order valence-electron chi connectivity index (χ2n) is 7.75. The summed E-state index contributed by atoms with van der Waals surface area (Å²) in [4.78, 5) is 1.92. The first-order valence-corrected chi connectivity index (χ1v) is 11.2. The van der Waals surface area contributed by atoms with Crippen molar-refractivity contribution in [3.63, 3.8) is 0 Å². The average molecular weight is 481 g/mol. The lowest BCUT2D eigenvalue weighted by molar-refractivity contribution is -0.376. The molecule has 2 aromatic carbocycles. The molecule has 0 bridgehead atoms. The second kappa shape index (κ2) is 8.26. The number of alkyl halides is 6. The van der Waals surface area contributed by atoms with Crippen LogP contribution in [0, 0.1) is 6.92 Å². The number of benzene rings is 2. The molecule has 0 saturated carbocycles. The highest BCUT2D eigenvalue weighted by atomic mass is 32.2. The van der Waals surface area contributed by atoms with Gasteiger partial charge >= 0.3 is 12.4 Å². The first kappa shape index (κ1) is 24.4. The number of sulfone groups is 1. The van der Waals surface area contributed by atoms with Gasteiger partial charge in [-0.05, 0) is 43.5 Å². The molecule has 11 heteroatoms. The fourth-order valence-electron chi connectivity index (χ4n) is 3.93. The molecule has 176 valence electrons. The maximum absolute atomic E-state index is 13.1. The van der Waals surface area contributed by atoms with E-state index in [2.05, 4.69) is 0 Å². The Kier molecular flexibility index (Phi) is 6.29. The predicted molar refractivity (Wildman–Crippen MR) is 106 cm³/mol. The second-order valence-corrected chi connectivity index (χ2v) is 9.98. The molecule has 32 heavy (non-hydrogen) atoms. The van der Waals surface area contributed by atoms with Crippen LogP contribution in [0.25, 0.3) is 0 Å². The van der Waals surface area contributed by atoms with Gasteiger partial charge in [-0.2, -0.15) is 26.3 Å². The number of rotatable bonds is 4. The Hall–Kier alpha value is -2.27. The molecule has 1 saturated heterocycles. The highest BCUT2D eigenvalue weighted by molar-refractivity contribution is 7.92. The maximum atomic E-state index is 13.1. The lowest BCUT2D eigenvalue weighted by Crippen LogP contribution is -2.54. The standard InChI is InChI=1S/C21H21F6NO3S/c1-14-13-15(19(29,20(22,23)24)21(25,26)27)7-8-18(14)28-11-9-17(10-12-28)32(30,31)16-5-3-2-4-6-16/h2-8,13,17,29H,9-12H2,1H3. The van der Waals surface area contributed by atoms with Crippen LogP contribution in [0.3, 0.4) is 0 Å². The van der Waals surface area contributed by atoms with E-state index in [1.807, 2.05) is 0 Å². The van der Waals surface area contributed by atoms with E-state index in [0.717, 1.165) is 6.07 Å². The van der Waals surface area contributed by atoms with Gasteiger partial charge in [-0.25, -0.2) is 8.42 Å². The van der Waals surface area contributed by atoms with Crippen molar-refractivity contribution >= 4 is 15.5 Å². The van der Waals surface area contributed by atoms with Crippen LogP contribution < -0.4 is 4.90 Å². The Bertz CT molecular complexity index is 1050. The lowest BCUT2D eigenvalue weighted by Gasteiger charge is -2.36. The Morgan fingerprint density at radius 2 is 1.44 bits per heavy atom. The number of hydrogen-bond donors (Lipinski definition) is 1. The fraction of sp³-hybridized carbons (Fsp3) is 0.429. The van der Waals surface area contributed by atoms with Crippen LogP contribution in [0.2, 0.25) is 0 Å². The molecule has 0 atom stereocenters. The Labute approximate surface area is 181 Å². The van der Waals surface area contributed by atoms with Crippen molar-refractivity contribution in [2.75, 3.05) is 18.0 Å². The number of aliphatic hydroxyl groups is 1. The average Bonchev–Trinajstić information content (AvgIpc) is 2.72. The van der Waals surface area contributed by atoms with Crippen molar-refractivity contribution in [3.05, 3.63) is 59.7 Å². The summed E-state index contributed by atoms with van der Waals surface area (Å²) in [6.45, 7) is 1.87. The predicted octanol–water partition coefficient (Wildman–Crippen LogP) is 4.75. The van der Waals surface area contributed by atoms with E-state index in [4.69, 9.17) is 0 Å². The highest BCUT2D eigenvalue weighted by Crippen LogP contribution is 2.50. The van der Waals surface area contributed by atoms with Crippen molar-refractivity contribution in [1.29, 1.82) is 0 Å². The van der Waals surface area contributed by atoms with E-state index in [0.29, 0.717) is 17.8 Å². The normalized spacial score (nSPS) is 16.9. The van der Waals surface area contributed by atoms with Crippen LogP contribution in [-0.2, 0) is 15.4 Å². The van der Waals surface area contributed by atoms with Gasteiger partial charge in [-0.1, -0.05) is 30.3 Å². The first-order chi connectivity index (χ1) is 14.7. The minimum Gasteiger partial charge on any atom is -0.371 e. The highest BCUT2D eigenvalue weighted by Gasteiger charge is 2.71. The van der Waals surface area contributed by atoms with E-state index in [1.165, 1.54) is 19.1 Å². The van der Waals surface area contributed by atoms with E-state index in [1.54, 1.807) is 23.1 Å². The Morgan fingerprint density at radius 1 is 0.906 bits per heavy atom. The smallest absolute Gasteiger partial charge is 0.371 e. The summed E-state index contributed by atoms with van der Waals surface area (Å²) in [6.07, 6.45) is -11.4. The van der Waals surface area contributed by atoms with Gasteiger partial charge in [0.2, 0.25) is 0 Å². The number of hydrogen-bond acceptors (Lipinski definition) is 4. The molecule has 4 nitrogen and oxygen atoms in total. The summed E-state index contributed by atoms with van der Waals surface area (Å²) in [6, 6.07) is 10.3. The van der Waals surface area contributed by atoms with Crippen LogP contribution in [0.4, 0.5) is 32.0 Å². The monoisotopic (exact) mass is 481 g/mol. The van der Waals surface area contributed by atoms with Gasteiger partial charge in [0.25, 0.3) is 5.60 Å². The van der Waals surface area contributed by atoms with Crippen LogP contribution in [0.15, 0.2) is 53.4 Å². The molecular weight excluding hydrogens is 460 g/mol. The summed E-state index contributed by atoms with van der Waals surface area (Å²) in [5.41, 5.74) is -5.81. The molecule has 3 rings (SSSR count). The van der Waals surface area contributed by atoms with E-state index in [9.17, 15) is 39.9 Å². The summed E-state index contributed by atoms with van der Waals surface area (Å²) in [5, 5.41) is 8.95. The molecular formula is C21H21F6NO3S. The lowest BCUT2D eigenvalue weighted by atomic mass is 9.90. The van der Waals surface area contributed by atoms with Crippen molar-refractivity contribution in [3.8, 4) is 0 Å². The van der Waals surface area contributed by atoms with Gasteiger partial charge in [0.1, 0.15) is 0 Å². The zero-order valence-electron chi connectivity index (χ0n) is 16.9. The molecule has 1 N–H and O–H groups in total. The molecule has 0 radical (unpaired) electrons. The largest absolute Gasteiger partial charge is 0.430 e. The van der Waals surface area contributed by atoms with Crippen molar-refractivity contribution in [2.24, 2.45) is 0 Å². The van der Waals surface area contributed by atoms with Crippen molar-refractivity contribution < 1.29 is 39.9 Å². The summed E-state index contributed by atoms with van der Waals surface area (Å²) in [7, 11) is -3.55. The number of aryl methyl sites for hydroxylation is 1. The van der Waals surface area contributed by atoms with Crippen molar-refractivity contribution in [2.45, 2.75) is 47.9 Å². The minimum atomic E-state index is -5.96. The molecule has 0 unspecified atom stereocenters. The van der Waals surface area contributed by atoms with Gasteiger partial charge in [0, 0.05) is 24.3 Å². The van der Waals surface area contributed by atoms with Crippen LogP contribution in [-0.4, -0.2) is 44.2 Å². The molecule has 1 fully saturated rings. The van der Waals surface area contributed by atoms with Crippen LogP contribution >= 0.6 is 0 Å².